The first-order valence-electron chi connectivity index (χ1n) is 6.29. The first-order valence-corrected chi connectivity index (χ1v) is 6.29. The third-order valence-electron chi connectivity index (χ3n) is 2.92. The molecule has 0 spiro atoms. The summed E-state index contributed by atoms with van der Waals surface area (Å²) in [6.45, 7) is 7.95. The van der Waals surface area contributed by atoms with Crippen molar-refractivity contribution >= 4 is 5.97 Å². The second-order valence-electron chi connectivity index (χ2n) is 4.66. The van der Waals surface area contributed by atoms with Crippen molar-refractivity contribution < 1.29 is 9.53 Å². The molecule has 0 radical (unpaired) electrons. The van der Waals surface area contributed by atoms with Crippen molar-refractivity contribution in [2.24, 2.45) is 0 Å². The summed E-state index contributed by atoms with van der Waals surface area (Å²) in [7, 11) is 4.07. The molecule has 0 aliphatic heterocycles. The zero-order chi connectivity index (χ0) is 13.7. The average molecular weight is 253 g/mol. The van der Waals surface area contributed by atoms with Crippen molar-refractivity contribution in [3.8, 4) is 0 Å². The third kappa shape index (κ3) is 3.84. The highest BCUT2D eigenvalue weighted by Crippen LogP contribution is 2.14. The highest BCUT2D eigenvalue weighted by molar-refractivity contribution is 5.73. The van der Waals surface area contributed by atoms with Gasteiger partial charge in [0.05, 0.1) is 25.3 Å². The highest BCUT2D eigenvalue weighted by atomic mass is 16.5. The van der Waals surface area contributed by atoms with E-state index in [4.69, 9.17) is 4.74 Å². The summed E-state index contributed by atoms with van der Waals surface area (Å²) in [5, 5.41) is 4.48. The van der Waals surface area contributed by atoms with Gasteiger partial charge in [0.15, 0.2) is 0 Å². The topological polar surface area (TPSA) is 47.4 Å². The molecule has 1 heterocycles. The van der Waals surface area contributed by atoms with Crippen molar-refractivity contribution in [3.63, 3.8) is 0 Å². The van der Waals surface area contributed by atoms with Crippen LogP contribution in [0, 0.1) is 13.8 Å². The number of ether oxygens (including phenoxy) is 1. The van der Waals surface area contributed by atoms with Gasteiger partial charge in [-0.1, -0.05) is 0 Å². The molecule has 0 saturated carbocycles. The monoisotopic (exact) mass is 253 g/mol. The van der Waals surface area contributed by atoms with Crippen LogP contribution in [0.4, 0.5) is 0 Å². The van der Waals surface area contributed by atoms with E-state index >= 15 is 0 Å². The van der Waals surface area contributed by atoms with Crippen molar-refractivity contribution in [1.82, 2.24) is 14.7 Å². The molecule has 1 aromatic heterocycles. The lowest BCUT2D eigenvalue weighted by molar-refractivity contribution is -0.142. The van der Waals surface area contributed by atoms with Gasteiger partial charge < -0.3 is 9.64 Å². The molecule has 0 bridgehead atoms. The summed E-state index contributed by atoms with van der Waals surface area (Å²) in [6.07, 6.45) is 0.313. The van der Waals surface area contributed by atoms with E-state index in [-0.39, 0.29) is 5.97 Å². The van der Waals surface area contributed by atoms with Gasteiger partial charge in [-0.05, 0) is 34.9 Å². The summed E-state index contributed by atoms with van der Waals surface area (Å²) in [6, 6.07) is 0. The lowest BCUT2D eigenvalue weighted by Crippen LogP contribution is -2.19. The van der Waals surface area contributed by atoms with Crippen molar-refractivity contribution in [2.45, 2.75) is 33.7 Å². The summed E-state index contributed by atoms with van der Waals surface area (Å²) in [4.78, 5) is 13.6. The molecule has 0 unspecified atom stereocenters. The molecule has 0 fully saturated rings. The van der Waals surface area contributed by atoms with E-state index in [1.165, 1.54) is 0 Å². The van der Waals surface area contributed by atoms with Gasteiger partial charge in [0, 0.05) is 17.8 Å². The van der Waals surface area contributed by atoms with Crippen LogP contribution in [0.3, 0.4) is 0 Å². The number of likely N-dealkylation sites (N-methyl/N-ethyl adjacent to an activating group) is 1. The molecule has 18 heavy (non-hydrogen) atoms. The van der Waals surface area contributed by atoms with Crippen LogP contribution < -0.4 is 0 Å². The standard InChI is InChI=1S/C13H23N3O2/c1-6-18-13(17)9-12-10(2)14-16(11(12)3)8-7-15(4)5/h6-9H2,1-5H3. The predicted molar refractivity (Wildman–Crippen MR) is 70.6 cm³/mol. The zero-order valence-electron chi connectivity index (χ0n) is 12.0. The van der Waals surface area contributed by atoms with E-state index in [2.05, 4.69) is 10.00 Å². The van der Waals surface area contributed by atoms with Crippen molar-refractivity contribution in [3.05, 3.63) is 17.0 Å². The van der Waals surface area contributed by atoms with Crippen LogP contribution in [0.5, 0.6) is 0 Å². The van der Waals surface area contributed by atoms with Gasteiger partial charge in [-0.3, -0.25) is 9.48 Å². The van der Waals surface area contributed by atoms with Gasteiger partial charge in [0.25, 0.3) is 0 Å². The Balaban J connectivity index is 2.77. The van der Waals surface area contributed by atoms with E-state index in [0.717, 1.165) is 30.0 Å². The Hall–Kier alpha value is -1.36. The molecule has 0 aliphatic rings. The van der Waals surface area contributed by atoms with Gasteiger partial charge in [0.2, 0.25) is 0 Å². The molecule has 0 aromatic carbocycles. The van der Waals surface area contributed by atoms with Crippen LogP contribution in [-0.4, -0.2) is 47.9 Å². The normalized spacial score (nSPS) is 11.0. The second kappa shape index (κ2) is 6.54. The Labute approximate surface area is 109 Å². The molecular formula is C13H23N3O2. The SMILES string of the molecule is CCOC(=O)Cc1c(C)nn(CCN(C)C)c1C. The number of aryl methyl sites for hydroxylation is 1. The van der Waals surface area contributed by atoms with Gasteiger partial charge in [-0.15, -0.1) is 0 Å². The second-order valence-corrected chi connectivity index (χ2v) is 4.66. The Morgan fingerprint density at radius 2 is 2.06 bits per heavy atom. The fourth-order valence-electron chi connectivity index (χ4n) is 1.86. The Kier molecular flexibility index (Phi) is 5.34. The minimum Gasteiger partial charge on any atom is -0.466 e. The largest absolute Gasteiger partial charge is 0.466 e. The number of hydrogen-bond acceptors (Lipinski definition) is 4. The molecule has 0 saturated heterocycles. The fourth-order valence-corrected chi connectivity index (χ4v) is 1.86. The number of carbonyl (C=O) groups excluding carboxylic acids is 1. The zero-order valence-corrected chi connectivity index (χ0v) is 12.0. The number of hydrogen-bond donors (Lipinski definition) is 0. The Morgan fingerprint density at radius 1 is 1.39 bits per heavy atom. The maximum absolute atomic E-state index is 11.5. The maximum atomic E-state index is 11.5. The third-order valence-corrected chi connectivity index (χ3v) is 2.92. The first-order chi connectivity index (χ1) is 8.45. The van der Waals surface area contributed by atoms with Gasteiger partial charge >= 0.3 is 5.97 Å². The van der Waals surface area contributed by atoms with Crippen LogP contribution in [0.25, 0.3) is 0 Å². The number of aromatic nitrogens is 2. The molecule has 0 atom stereocenters. The summed E-state index contributed by atoms with van der Waals surface area (Å²) >= 11 is 0. The van der Waals surface area contributed by atoms with E-state index in [1.807, 2.05) is 39.5 Å². The lowest BCUT2D eigenvalue weighted by Gasteiger charge is -2.10. The summed E-state index contributed by atoms with van der Waals surface area (Å²) in [5.74, 6) is -0.184. The smallest absolute Gasteiger partial charge is 0.310 e. The highest BCUT2D eigenvalue weighted by Gasteiger charge is 2.15. The lowest BCUT2D eigenvalue weighted by atomic mass is 10.1. The minimum atomic E-state index is -0.184. The fraction of sp³-hybridized carbons (Fsp3) is 0.692. The Morgan fingerprint density at radius 3 is 2.61 bits per heavy atom. The Bertz CT molecular complexity index is 411. The molecule has 0 amide bonds. The summed E-state index contributed by atoms with van der Waals surface area (Å²) in [5.41, 5.74) is 2.97. The van der Waals surface area contributed by atoms with Crippen LogP contribution in [-0.2, 0) is 22.5 Å². The number of rotatable bonds is 6. The number of nitrogens with zero attached hydrogens (tertiary/aromatic N) is 3. The minimum absolute atomic E-state index is 0.184. The van der Waals surface area contributed by atoms with Crippen LogP contribution in [0.15, 0.2) is 0 Å². The average Bonchev–Trinajstić information content (AvgIpc) is 2.54. The van der Waals surface area contributed by atoms with Crippen LogP contribution in [0.1, 0.15) is 23.9 Å². The first kappa shape index (κ1) is 14.7. The van der Waals surface area contributed by atoms with Gasteiger partial charge in [-0.25, -0.2) is 0 Å². The molecule has 0 aliphatic carbocycles. The summed E-state index contributed by atoms with van der Waals surface area (Å²) < 4.78 is 6.94. The molecule has 1 aromatic rings. The van der Waals surface area contributed by atoms with Crippen molar-refractivity contribution in [1.29, 1.82) is 0 Å². The molecular weight excluding hydrogens is 230 g/mol. The van der Waals surface area contributed by atoms with Crippen molar-refractivity contribution in [2.75, 3.05) is 27.2 Å². The molecule has 5 nitrogen and oxygen atoms in total. The van der Waals surface area contributed by atoms with E-state index < -0.39 is 0 Å². The number of carbonyl (C=O) groups is 1. The molecule has 0 N–H and O–H groups in total. The molecule has 5 heteroatoms. The van der Waals surface area contributed by atoms with E-state index in [0.29, 0.717) is 13.0 Å². The van der Waals surface area contributed by atoms with Gasteiger partial charge in [0.1, 0.15) is 0 Å². The molecule has 102 valence electrons. The van der Waals surface area contributed by atoms with Crippen LogP contribution >= 0.6 is 0 Å². The quantitative estimate of drug-likeness (QED) is 0.714. The number of esters is 1. The van der Waals surface area contributed by atoms with E-state index in [9.17, 15) is 4.79 Å². The van der Waals surface area contributed by atoms with E-state index in [1.54, 1.807) is 0 Å². The molecule has 1 rings (SSSR count). The van der Waals surface area contributed by atoms with Crippen LogP contribution in [0.2, 0.25) is 0 Å². The maximum Gasteiger partial charge on any atom is 0.310 e. The predicted octanol–water partition coefficient (Wildman–Crippen LogP) is 1.17. The van der Waals surface area contributed by atoms with Gasteiger partial charge in [-0.2, -0.15) is 5.10 Å².